The monoisotopic (exact) mass is 235 g/mol. The van der Waals surface area contributed by atoms with Gasteiger partial charge >= 0.3 is 0 Å². The van der Waals surface area contributed by atoms with E-state index in [4.69, 9.17) is 4.42 Å². The van der Waals surface area contributed by atoms with Gasteiger partial charge in [0.25, 0.3) is 0 Å². The van der Waals surface area contributed by atoms with Gasteiger partial charge in [0.15, 0.2) is 5.76 Å². The summed E-state index contributed by atoms with van der Waals surface area (Å²) in [6.07, 6.45) is 4.46. The van der Waals surface area contributed by atoms with Crippen molar-refractivity contribution >= 4 is 33.1 Å². The first-order valence-corrected chi connectivity index (χ1v) is 5.11. The zero-order chi connectivity index (χ0) is 8.27. The smallest absolute Gasteiger partial charge is 0.159 e. The normalized spacial score (nSPS) is 14.0. The Balaban J connectivity index is 2.79. The van der Waals surface area contributed by atoms with Crippen LogP contribution < -0.4 is 0 Å². The van der Waals surface area contributed by atoms with Crippen molar-refractivity contribution < 1.29 is 8.63 Å². The Kier molecular flexibility index (Phi) is 3.02. The van der Waals surface area contributed by atoms with Gasteiger partial charge in [-0.1, -0.05) is 0 Å². The summed E-state index contributed by atoms with van der Waals surface area (Å²) in [4.78, 5) is 0. The number of hydrogen-bond donors (Lipinski definition) is 0. The molecule has 0 saturated heterocycles. The molecule has 0 fully saturated rings. The number of furan rings is 1. The molecule has 0 amide bonds. The lowest BCUT2D eigenvalue weighted by Crippen LogP contribution is -1.81. The average molecular weight is 236 g/mol. The lowest BCUT2D eigenvalue weighted by Gasteiger charge is -1.84. The Morgan fingerprint density at radius 3 is 3.00 bits per heavy atom. The summed E-state index contributed by atoms with van der Waals surface area (Å²) in [7, 11) is -1.17. The zero-order valence-electron chi connectivity index (χ0n) is 5.78. The SMILES string of the molecule is CS(=O)/N=C/c1occc1Br. The molecule has 1 aromatic heterocycles. The standard InChI is InChI=1S/C6H6BrNO2S/c1-11(9)8-4-6-5(7)2-3-10-6/h2-4H,1H3/b8-4+. The van der Waals surface area contributed by atoms with Gasteiger partial charge in [-0.25, -0.2) is 4.21 Å². The highest BCUT2D eigenvalue weighted by atomic mass is 79.9. The first-order valence-electron chi connectivity index (χ1n) is 2.81. The van der Waals surface area contributed by atoms with Gasteiger partial charge in [0.2, 0.25) is 0 Å². The molecule has 0 aromatic carbocycles. The zero-order valence-corrected chi connectivity index (χ0v) is 8.18. The van der Waals surface area contributed by atoms with Crippen molar-refractivity contribution in [1.29, 1.82) is 0 Å². The van der Waals surface area contributed by atoms with E-state index < -0.39 is 11.0 Å². The Bertz CT molecular complexity index is 295. The molecule has 0 spiro atoms. The summed E-state index contributed by atoms with van der Waals surface area (Å²) in [5.41, 5.74) is 0. The Hall–Kier alpha value is -0.420. The van der Waals surface area contributed by atoms with E-state index in [1.165, 1.54) is 18.7 Å². The van der Waals surface area contributed by atoms with Crippen molar-refractivity contribution in [3.63, 3.8) is 0 Å². The molecule has 11 heavy (non-hydrogen) atoms. The van der Waals surface area contributed by atoms with Gasteiger partial charge in [-0.2, -0.15) is 4.40 Å². The Morgan fingerprint density at radius 2 is 2.55 bits per heavy atom. The highest BCUT2D eigenvalue weighted by Gasteiger charge is 1.98. The van der Waals surface area contributed by atoms with E-state index in [2.05, 4.69) is 20.3 Å². The van der Waals surface area contributed by atoms with Gasteiger partial charge < -0.3 is 4.42 Å². The maximum Gasteiger partial charge on any atom is 0.159 e. The second kappa shape index (κ2) is 3.82. The number of nitrogens with zero attached hydrogens (tertiary/aromatic N) is 1. The van der Waals surface area contributed by atoms with Crippen molar-refractivity contribution in [3.05, 3.63) is 22.6 Å². The fourth-order valence-electron chi connectivity index (χ4n) is 0.520. The van der Waals surface area contributed by atoms with Crippen molar-refractivity contribution in [2.45, 2.75) is 0 Å². The van der Waals surface area contributed by atoms with Gasteiger partial charge in [-0.15, -0.1) is 0 Å². The third-order valence-electron chi connectivity index (χ3n) is 0.963. The van der Waals surface area contributed by atoms with E-state index in [1.807, 2.05) is 0 Å². The van der Waals surface area contributed by atoms with Crippen LogP contribution in [0.3, 0.4) is 0 Å². The third-order valence-corrected chi connectivity index (χ3v) is 2.02. The van der Waals surface area contributed by atoms with Crippen molar-refractivity contribution in [2.75, 3.05) is 6.26 Å². The second-order valence-corrected chi connectivity index (χ2v) is 3.70. The summed E-state index contributed by atoms with van der Waals surface area (Å²) < 4.78 is 20.0. The molecule has 3 nitrogen and oxygen atoms in total. The first-order chi connectivity index (χ1) is 5.20. The predicted molar refractivity (Wildman–Crippen MR) is 48.1 cm³/mol. The summed E-state index contributed by atoms with van der Waals surface area (Å²) in [6, 6.07) is 1.75. The van der Waals surface area contributed by atoms with Crippen LogP contribution in [0.4, 0.5) is 0 Å². The molecular weight excluding hydrogens is 230 g/mol. The van der Waals surface area contributed by atoms with Crippen molar-refractivity contribution in [1.82, 2.24) is 0 Å². The minimum Gasteiger partial charge on any atom is -0.462 e. The van der Waals surface area contributed by atoms with Crippen LogP contribution in [0.25, 0.3) is 0 Å². The molecule has 1 unspecified atom stereocenters. The number of rotatable bonds is 2. The van der Waals surface area contributed by atoms with Gasteiger partial charge in [-0.3, -0.25) is 0 Å². The minimum atomic E-state index is -1.17. The summed E-state index contributed by atoms with van der Waals surface area (Å²) in [5.74, 6) is 0.584. The molecule has 0 N–H and O–H groups in total. The highest BCUT2D eigenvalue weighted by molar-refractivity contribution is 9.10. The van der Waals surface area contributed by atoms with Crippen LogP contribution in [-0.4, -0.2) is 16.7 Å². The fourth-order valence-corrected chi connectivity index (χ4v) is 1.07. The van der Waals surface area contributed by atoms with Crippen LogP contribution in [0.15, 0.2) is 25.6 Å². The molecule has 0 radical (unpaired) electrons. The van der Waals surface area contributed by atoms with E-state index >= 15 is 0 Å². The van der Waals surface area contributed by atoms with E-state index in [-0.39, 0.29) is 0 Å². The molecule has 0 aliphatic heterocycles. The molecule has 0 bridgehead atoms. The van der Waals surface area contributed by atoms with Crippen molar-refractivity contribution in [3.8, 4) is 0 Å². The molecular formula is C6H6BrNO2S. The van der Waals surface area contributed by atoms with Gasteiger partial charge in [0.05, 0.1) is 17.0 Å². The predicted octanol–water partition coefficient (Wildman–Crippen LogP) is 1.75. The molecule has 1 aromatic rings. The largest absolute Gasteiger partial charge is 0.462 e. The van der Waals surface area contributed by atoms with E-state index in [0.717, 1.165) is 4.47 Å². The highest BCUT2D eigenvalue weighted by Crippen LogP contribution is 2.14. The van der Waals surface area contributed by atoms with Crippen molar-refractivity contribution in [2.24, 2.45) is 4.40 Å². The van der Waals surface area contributed by atoms with Crippen LogP contribution in [-0.2, 0) is 11.0 Å². The molecule has 5 heteroatoms. The maximum atomic E-state index is 10.5. The molecule has 60 valence electrons. The molecule has 0 aliphatic rings. The maximum absolute atomic E-state index is 10.5. The molecule has 0 aliphatic carbocycles. The van der Waals surface area contributed by atoms with Crippen LogP contribution in [0.5, 0.6) is 0 Å². The topological polar surface area (TPSA) is 42.6 Å². The van der Waals surface area contributed by atoms with Gasteiger partial charge in [-0.05, 0) is 22.0 Å². The van der Waals surface area contributed by atoms with E-state index in [9.17, 15) is 4.21 Å². The van der Waals surface area contributed by atoms with E-state index in [0.29, 0.717) is 5.76 Å². The minimum absolute atomic E-state index is 0.584. The summed E-state index contributed by atoms with van der Waals surface area (Å²) in [5, 5.41) is 0. The third kappa shape index (κ3) is 2.59. The number of hydrogen-bond acceptors (Lipinski definition) is 2. The van der Waals surface area contributed by atoms with Crippen LogP contribution in [0, 0.1) is 0 Å². The Morgan fingerprint density at radius 1 is 1.82 bits per heavy atom. The Labute approximate surface area is 75.2 Å². The van der Waals surface area contributed by atoms with Gasteiger partial charge in [0.1, 0.15) is 11.0 Å². The molecule has 1 heterocycles. The van der Waals surface area contributed by atoms with Crippen LogP contribution in [0.1, 0.15) is 5.76 Å². The van der Waals surface area contributed by atoms with Gasteiger partial charge in [0, 0.05) is 6.26 Å². The molecule has 1 rings (SSSR count). The summed E-state index contributed by atoms with van der Waals surface area (Å²) >= 11 is 3.23. The lowest BCUT2D eigenvalue weighted by molar-refractivity contribution is 0.559. The molecule has 0 saturated carbocycles. The quantitative estimate of drug-likeness (QED) is 0.734. The van der Waals surface area contributed by atoms with Crippen LogP contribution >= 0.6 is 15.9 Å². The summed E-state index contributed by atoms with van der Waals surface area (Å²) in [6.45, 7) is 0. The first kappa shape index (κ1) is 8.67. The lowest BCUT2D eigenvalue weighted by atomic mass is 10.5. The number of halogens is 1. The second-order valence-electron chi connectivity index (χ2n) is 1.79. The fraction of sp³-hybridized carbons (Fsp3) is 0.167. The van der Waals surface area contributed by atoms with E-state index in [1.54, 1.807) is 6.07 Å². The molecule has 1 atom stereocenters. The van der Waals surface area contributed by atoms with Crippen LogP contribution in [0.2, 0.25) is 0 Å². The average Bonchev–Trinajstić information content (AvgIpc) is 2.31.